The molecule has 0 fully saturated rings. The van der Waals surface area contributed by atoms with E-state index in [0.717, 1.165) is 63.5 Å². The van der Waals surface area contributed by atoms with E-state index < -0.39 is 0 Å². The summed E-state index contributed by atoms with van der Waals surface area (Å²) in [5.41, 5.74) is 7.32. The van der Waals surface area contributed by atoms with Crippen LogP contribution in [0.2, 0.25) is 0 Å². The largest absolute Gasteiger partial charge is 0.308 e. The fraction of sp³-hybridized carbons (Fsp3) is 0.261. The van der Waals surface area contributed by atoms with Gasteiger partial charge in [0, 0.05) is 18.3 Å². The first kappa shape index (κ1) is 20.6. The lowest BCUT2D eigenvalue weighted by atomic mass is 10.2. The van der Waals surface area contributed by atoms with Gasteiger partial charge in [-0.15, -0.1) is 5.10 Å². The van der Waals surface area contributed by atoms with E-state index in [-0.39, 0.29) is 0 Å². The van der Waals surface area contributed by atoms with Crippen molar-refractivity contribution in [3.8, 4) is 17.2 Å². The van der Waals surface area contributed by atoms with Crippen molar-refractivity contribution < 1.29 is 0 Å². The molecule has 0 atom stereocenters. The average Bonchev–Trinajstić information content (AvgIpc) is 3.50. The number of nitrogens with zero attached hydrogens (tertiary/aromatic N) is 7. The third-order valence-corrected chi connectivity index (χ3v) is 6.61. The van der Waals surface area contributed by atoms with Gasteiger partial charge >= 0.3 is 0 Å². The van der Waals surface area contributed by atoms with Crippen LogP contribution < -0.4 is 0 Å². The molecule has 0 aliphatic carbocycles. The molecule has 0 saturated carbocycles. The number of nitrogens with one attached hydrogen (secondary N) is 1. The number of halogens is 1. The summed E-state index contributed by atoms with van der Waals surface area (Å²) in [6, 6.07) is 12.6. The number of benzene rings is 1. The number of fused-ring (bicyclic) bond motifs is 1. The first-order valence-corrected chi connectivity index (χ1v) is 11.4. The molecule has 9 heteroatoms. The summed E-state index contributed by atoms with van der Waals surface area (Å²) in [5.74, 6) is 1.70. The van der Waals surface area contributed by atoms with Gasteiger partial charge in [-0.2, -0.15) is 0 Å². The molecule has 4 heterocycles. The van der Waals surface area contributed by atoms with Crippen LogP contribution in [0.5, 0.6) is 0 Å². The zero-order valence-corrected chi connectivity index (χ0v) is 19.8. The maximum Gasteiger partial charge on any atom is 0.196 e. The number of aromatic amines is 1. The third kappa shape index (κ3) is 3.52. The fourth-order valence-electron chi connectivity index (χ4n) is 4.00. The van der Waals surface area contributed by atoms with E-state index >= 15 is 0 Å². The molecule has 32 heavy (non-hydrogen) atoms. The summed E-state index contributed by atoms with van der Waals surface area (Å²) in [4.78, 5) is 9.51. The minimum absolute atomic E-state index is 0.624. The molecule has 1 aromatic carbocycles. The Morgan fingerprint density at radius 1 is 1.06 bits per heavy atom. The number of aryl methyl sites for hydroxylation is 3. The fourth-order valence-corrected chi connectivity index (χ4v) is 4.51. The molecule has 0 radical (unpaired) electrons. The van der Waals surface area contributed by atoms with Crippen molar-refractivity contribution in [2.24, 2.45) is 0 Å². The van der Waals surface area contributed by atoms with Gasteiger partial charge in [0.05, 0.1) is 16.8 Å². The molecule has 8 nitrogen and oxygen atoms in total. The molecule has 0 bridgehead atoms. The highest BCUT2D eigenvalue weighted by Gasteiger charge is 2.17. The van der Waals surface area contributed by atoms with E-state index in [0.29, 0.717) is 5.82 Å². The number of rotatable bonds is 6. The molecule has 0 unspecified atom stereocenters. The molecule has 4 aromatic heterocycles. The molecule has 5 aromatic rings. The van der Waals surface area contributed by atoms with Gasteiger partial charge in [0.15, 0.2) is 11.5 Å². The molecule has 1 N–H and O–H groups in total. The lowest BCUT2D eigenvalue weighted by Gasteiger charge is -2.12. The van der Waals surface area contributed by atoms with Gasteiger partial charge in [-0.3, -0.25) is 0 Å². The number of hydrogen-bond acceptors (Lipinski definition) is 5. The van der Waals surface area contributed by atoms with Crippen LogP contribution in [0.3, 0.4) is 0 Å². The van der Waals surface area contributed by atoms with Gasteiger partial charge in [-0.1, -0.05) is 19.1 Å². The molecule has 5 rings (SSSR count). The second-order valence-electron chi connectivity index (χ2n) is 7.92. The van der Waals surface area contributed by atoms with Crippen LogP contribution in [0, 0.1) is 13.8 Å². The van der Waals surface area contributed by atoms with Crippen molar-refractivity contribution in [1.82, 2.24) is 39.7 Å². The molecule has 0 amide bonds. The predicted molar refractivity (Wildman–Crippen MR) is 127 cm³/mol. The molecule has 0 aliphatic rings. The van der Waals surface area contributed by atoms with Gasteiger partial charge in [0.25, 0.3) is 0 Å². The topological polar surface area (TPSA) is 90.1 Å². The van der Waals surface area contributed by atoms with Crippen LogP contribution in [-0.2, 0) is 13.0 Å². The number of pyridine rings is 1. The lowest BCUT2D eigenvalue weighted by Crippen LogP contribution is -2.06. The first-order chi connectivity index (χ1) is 15.6. The predicted octanol–water partition coefficient (Wildman–Crippen LogP) is 4.78. The highest BCUT2D eigenvalue weighted by molar-refractivity contribution is 9.10. The summed E-state index contributed by atoms with van der Waals surface area (Å²) in [5, 5.41) is 14.4. The molecule has 0 spiro atoms. The highest BCUT2D eigenvalue weighted by atomic mass is 79.9. The summed E-state index contributed by atoms with van der Waals surface area (Å²) in [6.45, 7) is 7.05. The normalized spacial score (nSPS) is 11.5. The van der Waals surface area contributed by atoms with Crippen LogP contribution in [0.4, 0.5) is 0 Å². The quantitative estimate of drug-likeness (QED) is 0.369. The van der Waals surface area contributed by atoms with E-state index in [9.17, 15) is 0 Å². The molecule has 0 aliphatic heterocycles. The van der Waals surface area contributed by atoms with E-state index in [4.69, 9.17) is 4.98 Å². The number of aromatic nitrogens is 8. The van der Waals surface area contributed by atoms with Gasteiger partial charge in [-0.05, 0) is 87.6 Å². The minimum Gasteiger partial charge on any atom is -0.308 e. The van der Waals surface area contributed by atoms with E-state index in [1.807, 2.05) is 12.3 Å². The Bertz CT molecular complexity index is 1380. The monoisotopic (exact) mass is 490 g/mol. The van der Waals surface area contributed by atoms with Gasteiger partial charge in [0.2, 0.25) is 0 Å². The SMILES string of the molecule is CCCc1nc2c(C)ccnc2n1Cc1ccc(-n2c(-c3nnn[nH]3)cc(C)c2Br)cc1. The summed E-state index contributed by atoms with van der Waals surface area (Å²) in [6.07, 6.45) is 3.83. The maximum absolute atomic E-state index is 4.89. The Kier molecular flexibility index (Phi) is 5.34. The van der Waals surface area contributed by atoms with Crippen molar-refractivity contribution in [2.75, 3.05) is 0 Å². The van der Waals surface area contributed by atoms with E-state index in [2.05, 4.69) is 102 Å². The third-order valence-electron chi connectivity index (χ3n) is 5.63. The maximum atomic E-state index is 4.89. The standard InChI is InChI=1S/C23H23BrN8/c1-4-5-19-26-20-14(2)10-11-25-23(20)31(19)13-16-6-8-17(9-7-16)32-18(12-15(3)21(32)24)22-27-29-30-28-22/h6-12H,4-5,13H2,1-3H3,(H,27,28,29,30). The summed E-state index contributed by atoms with van der Waals surface area (Å²) < 4.78 is 5.31. The molecular weight excluding hydrogens is 468 g/mol. The zero-order valence-electron chi connectivity index (χ0n) is 18.2. The Hall–Kier alpha value is -3.33. The van der Waals surface area contributed by atoms with E-state index in [1.54, 1.807) is 0 Å². The van der Waals surface area contributed by atoms with Crippen LogP contribution in [0.25, 0.3) is 28.4 Å². The average molecular weight is 491 g/mol. The van der Waals surface area contributed by atoms with E-state index in [1.165, 1.54) is 5.56 Å². The Morgan fingerprint density at radius 2 is 1.88 bits per heavy atom. The van der Waals surface area contributed by atoms with Crippen molar-refractivity contribution in [3.63, 3.8) is 0 Å². The lowest BCUT2D eigenvalue weighted by molar-refractivity contribution is 0.716. The number of hydrogen-bond donors (Lipinski definition) is 1. The summed E-state index contributed by atoms with van der Waals surface area (Å²) in [7, 11) is 0. The summed E-state index contributed by atoms with van der Waals surface area (Å²) >= 11 is 3.71. The van der Waals surface area contributed by atoms with Crippen molar-refractivity contribution >= 4 is 27.1 Å². The van der Waals surface area contributed by atoms with Crippen molar-refractivity contribution in [2.45, 2.75) is 40.2 Å². The number of imidazole rings is 1. The second-order valence-corrected chi connectivity index (χ2v) is 8.67. The number of tetrazole rings is 1. The Balaban J connectivity index is 1.52. The van der Waals surface area contributed by atoms with Gasteiger partial charge < -0.3 is 9.13 Å². The van der Waals surface area contributed by atoms with Crippen molar-refractivity contribution in [1.29, 1.82) is 0 Å². The Labute approximate surface area is 193 Å². The van der Waals surface area contributed by atoms with Crippen LogP contribution >= 0.6 is 15.9 Å². The number of H-pyrrole nitrogens is 1. The van der Waals surface area contributed by atoms with Crippen molar-refractivity contribution in [3.05, 3.63) is 69.7 Å². The smallest absolute Gasteiger partial charge is 0.196 e. The zero-order chi connectivity index (χ0) is 22.2. The molecule has 0 saturated heterocycles. The van der Waals surface area contributed by atoms with Crippen LogP contribution in [-0.4, -0.2) is 39.7 Å². The van der Waals surface area contributed by atoms with Gasteiger partial charge in [-0.25, -0.2) is 15.1 Å². The molecule has 162 valence electrons. The second kappa shape index (κ2) is 8.31. The minimum atomic E-state index is 0.624. The molecular formula is C23H23BrN8. The van der Waals surface area contributed by atoms with Gasteiger partial charge in [0.1, 0.15) is 11.3 Å². The first-order valence-electron chi connectivity index (χ1n) is 10.6. The van der Waals surface area contributed by atoms with Crippen LogP contribution in [0.1, 0.15) is 35.9 Å². The van der Waals surface area contributed by atoms with Crippen LogP contribution in [0.15, 0.2) is 47.2 Å². The highest BCUT2D eigenvalue weighted by Crippen LogP contribution is 2.31. The Morgan fingerprint density at radius 3 is 2.59 bits per heavy atom.